The lowest BCUT2D eigenvalue weighted by atomic mass is 10.3. The lowest BCUT2D eigenvalue weighted by molar-refractivity contribution is 0.580. The molecular formula is C14H10N4O. The maximum atomic E-state index is 5.96. The standard InChI is InChI=1S/C14H10N4O/c15-13-14-16-8-11(12-6-3-7-19-12)18(14)10-5-2-1-4-9(10)17-13/h1-8H,(H2,15,17). The maximum absolute atomic E-state index is 5.96. The van der Waals surface area contributed by atoms with Crippen molar-refractivity contribution >= 4 is 22.5 Å². The normalized spacial score (nSPS) is 11.4. The second-order valence-electron chi connectivity index (χ2n) is 4.27. The summed E-state index contributed by atoms with van der Waals surface area (Å²) in [5, 5.41) is 0. The van der Waals surface area contributed by atoms with Crippen LogP contribution >= 0.6 is 0 Å². The summed E-state index contributed by atoms with van der Waals surface area (Å²) in [6, 6.07) is 11.6. The molecule has 3 heterocycles. The molecule has 0 aliphatic heterocycles. The minimum atomic E-state index is 0.413. The maximum Gasteiger partial charge on any atom is 0.180 e. The topological polar surface area (TPSA) is 69.3 Å². The zero-order valence-electron chi connectivity index (χ0n) is 9.95. The van der Waals surface area contributed by atoms with E-state index < -0.39 is 0 Å². The zero-order chi connectivity index (χ0) is 12.8. The van der Waals surface area contributed by atoms with Gasteiger partial charge in [-0.3, -0.25) is 4.40 Å². The van der Waals surface area contributed by atoms with Crippen molar-refractivity contribution in [3.8, 4) is 11.5 Å². The summed E-state index contributed by atoms with van der Waals surface area (Å²) in [6.45, 7) is 0. The van der Waals surface area contributed by atoms with Crippen molar-refractivity contribution in [2.24, 2.45) is 0 Å². The molecular weight excluding hydrogens is 240 g/mol. The van der Waals surface area contributed by atoms with Crippen molar-refractivity contribution in [3.05, 3.63) is 48.9 Å². The van der Waals surface area contributed by atoms with Gasteiger partial charge in [-0.25, -0.2) is 9.97 Å². The number of anilines is 1. The molecule has 0 atom stereocenters. The van der Waals surface area contributed by atoms with E-state index in [0.29, 0.717) is 11.5 Å². The minimum Gasteiger partial charge on any atom is -0.463 e. The Balaban J connectivity index is 2.22. The summed E-state index contributed by atoms with van der Waals surface area (Å²) in [5.74, 6) is 1.17. The number of nitrogens with zero attached hydrogens (tertiary/aromatic N) is 3. The molecule has 0 radical (unpaired) electrons. The first-order chi connectivity index (χ1) is 9.34. The summed E-state index contributed by atoms with van der Waals surface area (Å²) in [7, 11) is 0. The van der Waals surface area contributed by atoms with E-state index in [1.807, 2.05) is 40.8 Å². The molecule has 0 unspecified atom stereocenters. The van der Waals surface area contributed by atoms with Gasteiger partial charge in [-0.1, -0.05) is 12.1 Å². The molecule has 4 rings (SSSR count). The molecule has 0 aliphatic rings. The van der Waals surface area contributed by atoms with Gasteiger partial charge in [0.15, 0.2) is 17.2 Å². The molecule has 2 N–H and O–H groups in total. The van der Waals surface area contributed by atoms with Crippen LogP contribution in [0.25, 0.3) is 28.1 Å². The number of hydrogen-bond acceptors (Lipinski definition) is 4. The van der Waals surface area contributed by atoms with Gasteiger partial charge in [-0.2, -0.15) is 0 Å². The van der Waals surface area contributed by atoms with Gasteiger partial charge in [0.2, 0.25) is 0 Å². The van der Waals surface area contributed by atoms with Crippen LogP contribution in [0.15, 0.2) is 53.3 Å². The highest BCUT2D eigenvalue weighted by Gasteiger charge is 2.14. The van der Waals surface area contributed by atoms with Gasteiger partial charge in [0.25, 0.3) is 0 Å². The Hall–Kier alpha value is -2.82. The molecule has 0 spiro atoms. The highest BCUT2D eigenvalue weighted by atomic mass is 16.3. The van der Waals surface area contributed by atoms with E-state index in [1.165, 1.54) is 0 Å². The molecule has 1 aromatic carbocycles. The first kappa shape index (κ1) is 10.1. The first-order valence-electron chi connectivity index (χ1n) is 5.90. The molecule has 0 fully saturated rings. The molecule has 19 heavy (non-hydrogen) atoms. The van der Waals surface area contributed by atoms with Crippen molar-refractivity contribution in [2.75, 3.05) is 5.73 Å². The monoisotopic (exact) mass is 250 g/mol. The van der Waals surface area contributed by atoms with Gasteiger partial charge in [-0.05, 0) is 24.3 Å². The van der Waals surface area contributed by atoms with E-state index in [-0.39, 0.29) is 0 Å². The zero-order valence-corrected chi connectivity index (χ0v) is 9.95. The predicted molar refractivity (Wildman–Crippen MR) is 72.6 cm³/mol. The number of para-hydroxylation sites is 2. The molecule has 0 aliphatic carbocycles. The van der Waals surface area contributed by atoms with Crippen LogP contribution in [0, 0.1) is 0 Å². The van der Waals surface area contributed by atoms with E-state index in [9.17, 15) is 0 Å². The van der Waals surface area contributed by atoms with Crippen molar-refractivity contribution in [3.63, 3.8) is 0 Å². The van der Waals surface area contributed by atoms with Gasteiger partial charge in [0.05, 0.1) is 23.5 Å². The van der Waals surface area contributed by atoms with Crippen molar-refractivity contribution in [2.45, 2.75) is 0 Å². The Morgan fingerprint density at radius 1 is 1.11 bits per heavy atom. The smallest absolute Gasteiger partial charge is 0.180 e. The number of nitrogens with two attached hydrogens (primary N) is 1. The van der Waals surface area contributed by atoms with Crippen molar-refractivity contribution < 1.29 is 4.42 Å². The van der Waals surface area contributed by atoms with Gasteiger partial charge in [0, 0.05) is 0 Å². The van der Waals surface area contributed by atoms with Crippen LogP contribution in [-0.4, -0.2) is 14.4 Å². The number of benzene rings is 1. The summed E-state index contributed by atoms with van der Waals surface area (Å²) >= 11 is 0. The Labute approximate surface area is 108 Å². The van der Waals surface area contributed by atoms with Crippen LogP contribution in [0.3, 0.4) is 0 Å². The molecule has 5 nitrogen and oxygen atoms in total. The number of imidazole rings is 1. The lowest BCUT2D eigenvalue weighted by Crippen LogP contribution is -1.99. The number of hydrogen-bond donors (Lipinski definition) is 1. The number of fused-ring (bicyclic) bond motifs is 3. The van der Waals surface area contributed by atoms with E-state index >= 15 is 0 Å². The molecule has 92 valence electrons. The van der Waals surface area contributed by atoms with Gasteiger partial charge >= 0.3 is 0 Å². The summed E-state index contributed by atoms with van der Waals surface area (Å²) in [5.41, 5.74) is 9.26. The number of furan rings is 1. The minimum absolute atomic E-state index is 0.413. The van der Waals surface area contributed by atoms with Gasteiger partial charge < -0.3 is 10.2 Å². The van der Waals surface area contributed by atoms with Gasteiger partial charge in [-0.15, -0.1) is 0 Å². The van der Waals surface area contributed by atoms with Crippen LogP contribution in [-0.2, 0) is 0 Å². The van der Waals surface area contributed by atoms with E-state index in [0.717, 1.165) is 22.5 Å². The molecule has 0 saturated carbocycles. The largest absolute Gasteiger partial charge is 0.463 e. The van der Waals surface area contributed by atoms with Crippen molar-refractivity contribution in [1.29, 1.82) is 0 Å². The van der Waals surface area contributed by atoms with Crippen LogP contribution in [0.2, 0.25) is 0 Å². The predicted octanol–water partition coefficient (Wildman–Crippen LogP) is 2.72. The summed E-state index contributed by atoms with van der Waals surface area (Å²) in [6.07, 6.45) is 3.39. The molecule has 5 heteroatoms. The van der Waals surface area contributed by atoms with Crippen LogP contribution in [0.5, 0.6) is 0 Å². The van der Waals surface area contributed by atoms with Crippen LogP contribution in [0.1, 0.15) is 0 Å². The van der Waals surface area contributed by atoms with Gasteiger partial charge in [0.1, 0.15) is 5.69 Å². The van der Waals surface area contributed by atoms with E-state index in [4.69, 9.17) is 10.2 Å². The number of rotatable bonds is 1. The Bertz CT molecular complexity index is 877. The van der Waals surface area contributed by atoms with Crippen LogP contribution < -0.4 is 5.73 Å². The third kappa shape index (κ3) is 1.35. The quantitative estimate of drug-likeness (QED) is 0.564. The Morgan fingerprint density at radius 3 is 2.84 bits per heavy atom. The third-order valence-electron chi connectivity index (χ3n) is 3.13. The molecule has 3 aromatic heterocycles. The molecule has 4 aromatic rings. The molecule has 0 amide bonds. The van der Waals surface area contributed by atoms with Crippen molar-refractivity contribution in [1.82, 2.24) is 14.4 Å². The second kappa shape index (κ2) is 3.58. The van der Waals surface area contributed by atoms with E-state index in [1.54, 1.807) is 12.5 Å². The summed E-state index contributed by atoms with van der Waals surface area (Å²) in [4.78, 5) is 8.70. The lowest BCUT2D eigenvalue weighted by Gasteiger charge is -2.06. The first-order valence-corrected chi connectivity index (χ1v) is 5.90. The van der Waals surface area contributed by atoms with Crippen LogP contribution in [0.4, 0.5) is 5.82 Å². The molecule has 0 saturated heterocycles. The number of aromatic nitrogens is 3. The van der Waals surface area contributed by atoms with E-state index in [2.05, 4.69) is 9.97 Å². The third-order valence-corrected chi connectivity index (χ3v) is 3.13. The average molecular weight is 250 g/mol. The fraction of sp³-hybridized carbons (Fsp3) is 0. The fourth-order valence-corrected chi connectivity index (χ4v) is 2.30. The second-order valence-corrected chi connectivity index (χ2v) is 4.27. The fourth-order valence-electron chi connectivity index (χ4n) is 2.30. The summed E-state index contributed by atoms with van der Waals surface area (Å²) < 4.78 is 7.42. The Kier molecular flexibility index (Phi) is 1.91. The number of nitrogen functional groups attached to an aromatic ring is 1. The highest BCUT2D eigenvalue weighted by molar-refractivity contribution is 5.84. The molecule has 0 bridgehead atoms. The highest BCUT2D eigenvalue weighted by Crippen LogP contribution is 2.27. The Morgan fingerprint density at radius 2 is 2.00 bits per heavy atom. The average Bonchev–Trinajstić information content (AvgIpc) is 3.08. The SMILES string of the molecule is Nc1nc2ccccc2n2c(-c3ccco3)cnc12.